The molecule has 0 bridgehead atoms. The number of nitrogens with one attached hydrogen (secondary N) is 1. The lowest BCUT2D eigenvalue weighted by atomic mass is 9.92. The van der Waals surface area contributed by atoms with Gasteiger partial charge < -0.3 is 9.88 Å². The van der Waals surface area contributed by atoms with Gasteiger partial charge in [-0.15, -0.1) is 10.2 Å². The fraction of sp³-hybridized carbons (Fsp3) is 0.833. The molecule has 90 valence electrons. The van der Waals surface area contributed by atoms with Gasteiger partial charge in [-0.1, -0.05) is 27.7 Å². The number of fused-ring (bicyclic) bond motifs is 1. The first kappa shape index (κ1) is 11.6. The van der Waals surface area contributed by atoms with Crippen molar-refractivity contribution < 1.29 is 0 Å². The number of aromatic nitrogens is 3. The minimum Gasteiger partial charge on any atom is -0.312 e. The molecular formula is C12H22N4. The van der Waals surface area contributed by atoms with E-state index >= 15 is 0 Å². The largest absolute Gasteiger partial charge is 0.312 e. The number of nitrogens with zero attached hydrogens (tertiary/aromatic N) is 3. The Labute approximate surface area is 97.5 Å². The molecule has 1 aliphatic rings. The van der Waals surface area contributed by atoms with Gasteiger partial charge in [0.15, 0.2) is 0 Å². The molecule has 0 fully saturated rings. The fourth-order valence-corrected chi connectivity index (χ4v) is 2.22. The van der Waals surface area contributed by atoms with Crippen LogP contribution in [0.1, 0.15) is 51.8 Å². The van der Waals surface area contributed by atoms with Crippen molar-refractivity contribution in [1.82, 2.24) is 20.1 Å². The maximum Gasteiger partial charge on any atom is 0.150 e. The molecule has 0 radical (unpaired) electrons. The molecule has 1 atom stereocenters. The molecule has 16 heavy (non-hydrogen) atoms. The third-order valence-electron chi connectivity index (χ3n) is 2.99. The monoisotopic (exact) mass is 222 g/mol. The average Bonchev–Trinajstić information content (AvgIpc) is 2.59. The zero-order valence-corrected chi connectivity index (χ0v) is 10.7. The van der Waals surface area contributed by atoms with E-state index in [2.05, 4.69) is 47.8 Å². The molecule has 0 saturated heterocycles. The van der Waals surface area contributed by atoms with Crippen LogP contribution in [0.25, 0.3) is 0 Å². The molecule has 4 nitrogen and oxygen atoms in total. The van der Waals surface area contributed by atoms with Gasteiger partial charge in [-0.2, -0.15) is 0 Å². The van der Waals surface area contributed by atoms with Gasteiger partial charge in [-0.05, 0) is 11.8 Å². The smallest absolute Gasteiger partial charge is 0.150 e. The molecule has 1 N–H and O–H groups in total. The Morgan fingerprint density at radius 1 is 1.38 bits per heavy atom. The lowest BCUT2D eigenvalue weighted by molar-refractivity contribution is 0.366. The quantitative estimate of drug-likeness (QED) is 0.831. The maximum atomic E-state index is 4.35. The van der Waals surface area contributed by atoms with Crippen molar-refractivity contribution in [2.75, 3.05) is 6.54 Å². The summed E-state index contributed by atoms with van der Waals surface area (Å²) < 4.78 is 2.30. The van der Waals surface area contributed by atoms with E-state index in [4.69, 9.17) is 0 Å². The molecule has 0 spiro atoms. The van der Waals surface area contributed by atoms with E-state index in [1.54, 1.807) is 0 Å². The molecule has 0 amide bonds. The highest BCUT2D eigenvalue weighted by atomic mass is 15.3. The van der Waals surface area contributed by atoms with Crippen LogP contribution in [-0.4, -0.2) is 21.3 Å². The summed E-state index contributed by atoms with van der Waals surface area (Å²) in [6.07, 6.45) is 2.07. The summed E-state index contributed by atoms with van der Waals surface area (Å²) in [5.74, 6) is 2.26. The summed E-state index contributed by atoms with van der Waals surface area (Å²) in [6.45, 7) is 10.9. The average molecular weight is 222 g/mol. The SMILES string of the molecule is CCC1NCCn2c(CC(C)(C)C)nnc21. The fourth-order valence-electron chi connectivity index (χ4n) is 2.22. The van der Waals surface area contributed by atoms with Crippen molar-refractivity contribution in [3.05, 3.63) is 11.6 Å². The predicted octanol–water partition coefficient (Wildman–Crippen LogP) is 1.92. The van der Waals surface area contributed by atoms with Crippen LogP contribution in [0.3, 0.4) is 0 Å². The molecule has 2 rings (SSSR count). The lowest BCUT2D eigenvalue weighted by Gasteiger charge is -2.25. The van der Waals surface area contributed by atoms with Crippen molar-refractivity contribution in [2.45, 2.75) is 53.1 Å². The molecule has 0 aromatic carbocycles. The lowest BCUT2D eigenvalue weighted by Crippen LogP contribution is -2.34. The third kappa shape index (κ3) is 2.26. The van der Waals surface area contributed by atoms with Crippen LogP contribution in [0.15, 0.2) is 0 Å². The van der Waals surface area contributed by atoms with E-state index < -0.39 is 0 Å². The van der Waals surface area contributed by atoms with Gasteiger partial charge in [0.1, 0.15) is 11.6 Å². The maximum absolute atomic E-state index is 4.35. The van der Waals surface area contributed by atoms with Crippen molar-refractivity contribution in [2.24, 2.45) is 5.41 Å². The van der Waals surface area contributed by atoms with Crippen LogP contribution in [-0.2, 0) is 13.0 Å². The van der Waals surface area contributed by atoms with Crippen LogP contribution in [0.5, 0.6) is 0 Å². The summed E-state index contributed by atoms with van der Waals surface area (Å²) in [6, 6.07) is 0.384. The Hall–Kier alpha value is -0.900. The summed E-state index contributed by atoms with van der Waals surface area (Å²) in [7, 11) is 0. The topological polar surface area (TPSA) is 42.7 Å². The Morgan fingerprint density at radius 2 is 2.12 bits per heavy atom. The van der Waals surface area contributed by atoms with E-state index in [-0.39, 0.29) is 5.41 Å². The highest BCUT2D eigenvalue weighted by molar-refractivity contribution is 5.05. The minimum absolute atomic E-state index is 0.274. The third-order valence-corrected chi connectivity index (χ3v) is 2.99. The van der Waals surface area contributed by atoms with E-state index in [1.165, 1.54) is 0 Å². The Bertz CT molecular complexity index is 362. The summed E-state index contributed by atoms with van der Waals surface area (Å²) >= 11 is 0. The van der Waals surface area contributed by atoms with Gasteiger partial charge >= 0.3 is 0 Å². The van der Waals surface area contributed by atoms with Gasteiger partial charge in [0.2, 0.25) is 0 Å². The van der Waals surface area contributed by atoms with Crippen LogP contribution in [0.4, 0.5) is 0 Å². The van der Waals surface area contributed by atoms with Gasteiger partial charge in [-0.3, -0.25) is 0 Å². The summed E-state index contributed by atoms with van der Waals surface area (Å²) in [5.41, 5.74) is 0.274. The first-order valence-electron chi connectivity index (χ1n) is 6.16. The Morgan fingerprint density at radius 3 is 2.75 bits per heavy atom. The molecule has 1 aromatic rings. The van der Waals surface area contributed by atoms with Crippen LogP contribution < -0.4 is 5.32 Å². The summed E-state index contributed by atoms with van der Waals surface area (Å²) in [5, 5.41) is 12.2. The molecule has 1 aliphatic heterocycles. The van der Waals surface area contributed by atoms with Crippen molar-refractivity contribution in [3.63, 3.8) is 0 Å². The van der Waals surface area contributed by atoms with Crippen molar-refractivity contribution in [3.8, 4) is 0 Å². The molecule has 1 aromatic heterocycles. The second kappa shape index (κ2) is 4.17. The molecule has 0 saturated carbocycles. The minimum atomic E-state index is 0.274. The first-order chi connectivity index (χ1) is 7.51. The van der Waals surface area contributed by atoms with Crippen LogP contribution >= 0.6 is 0 Å². The van der Waals surface area contributed by atoms with E-state index in [0.717, 1.165) is 37.6 Å². The van der Waals surface area contributed by atoms with Gasteiger partial charge in [0, 0.05) is 19.5 Å². The number of hydrogen-bond acceptors (Lipinski definition) is 3. The molecule has 2 heterocycles. The first-order valence-corrected chi connectivity index (χ1v) is 6.16. The Balaban J connectivity index is 2.26. The van der Waals surface area contributed by atoms with E-state index in [1.807, 2.05) is 0 Å². The zero-order valence-electron chi connectivity index (χ0n) is 10.7. The summed E-state index contributed by atoms with van der Waals surface area (Å²) in [4.78, 5) is 0. The normalized spacial score (nSPS) is 20.9. The second-order valence-electron chi connectivity index (χ2n) is 5.78. The standard InChI is InChI=1S/C12H22N4/c1-5-9-11-15-14-10(8-12(2,3)4)16(11)7-6-13-9/h9,13H,5-8H2,1-4H3. The number of rotatable bonds is 2. The zero-order chi connectivity index (χ0) is 11.8. The van der Waals surface area contributed by atoms with E-state index in [0.29, 0.717) is 6.04 Å². The Kier molecular flexibility index (Phi) is 3.02. The highest BCUT2D eigenvalue weighted by Crippen LogP contribution is 2.24. The molecular weight excluding hydrogens is 200 g/mol. The molecule has 0 aliphatic carbocycles. The van der Waals surface area contributed by atoms with Crippen LogP contribution in [0.2, 0.25) is 0 Å². The predicted molar refractivity (Wildman–Crippen MR) is 64.2 cm³/mol. The van der Waals surface area contributed by atoms with Gasteiger partial charge in [-0.25, -0.2) is 0 Å². The van der Waals surface area contributed by atoms with Gasteiger partial charge in [0.25, 0.3) is 0 Å². The van der Waals surface area contributed by atoms with Crippen LogP contribution in [0, 0.1) is 5.41 Å². The second-order valence-corrected chi connectivity index (χ2v) is 5.78. The van der Waals surface area contributed by atoms with Crippen molar-refractivity contribution >= 4 is 0 Å². The van der Waals surface area contributed by atoms with E-state index in [9.17, 15) is 0 Å². The highest BCUT2D eigenvalue weighted by Gasteiger charge is 2.25. The van der Waals surface area contributed by atoms with Crippen molar-refractivity contribution in [1.29, 1.82) is 0 Å². The molecule has 1 unspecified atom stereocenters. The van der Waals surface area contributed by atoms with Gasteiger partial charge in [0.05, 0.1) is 6.04 Å². The molecule has 4 heteroatoms. The number of hydrogen-bond donors (Lipinski definition) is 1.